The zero-order valence-corrected chi connectivity index (χ0v) is 11.5. The van der Waals surface area contributed by atoms with E-state index in [2.05, 4.69) is 10.00 Å². The summed E-state index contributed by atoms with van der Waals surface area (Å²) < 4.78 is 2.01. The number of aromatic nitrogens is 2. The Morgan fingerprint density at radius 2 is 2.05 bits per heavy atom. The quantitative estimate of drug-likeness (QED) is 0.839. The Morgan fingerprint density at radius 1 is 1.21 bits per heavy atom. The molecule has 2 heterocycles. The molecule has 1 saturated carbocycles. The Labute approximate surface area is 114 Å². The number of rotatable bonds is 3. The van der Waals surface area contributed by atoms with E-state index in [1.165, 1.54) is 25.7 Å². The Morgan fingerprint density at radius 3 is 2.79 bits per heavy atom. The molecule has 0 N–H and O–H groups in total. The van der Waals surface area contributed by atoms with Crippen molar-refractivity contribution in [3.8, 4) is 0 Å². The fourth-order valence-electron chi connectivity index (χ4n) is 3.48. The smallest absolute Gasteiger partial charge is 0.222 e. The standard InChI is InChI=1S/C15H23N3O/c19-15(11-13-5-1-2-6-13)17-9-3-7-14(12-17)18-10-4-8-16-18/h4,8,10,13-14H,1-3,5-7,9,11-12H2. The summed E-state index contributed by atoms with van der Waals surface area (Å²) in [5.41, 5.74) is 0. The van der Waals surface area contributed by atoms with Crippen LogP contribution in [-0.2, 0) is 4.79 Å². The SMILES string of the molecule is O=C(CC1CCCC1)N1CCCC(n2cccn2)C1. The van der Waals surface area contributed by atoms with E-state index in [0.29, 0.717) is 17.9 Å². The molecule has 1 aliphatic heterocycles. The number of nitrogens with zero attached hydrogens (tertiary/aromatic N) is 3. The zero-order valence-electron chi connectivity index (χ0n) is 11.5. The van der Waals surface area contributed by atoms with Crippen molar-refractivity contribution in [3.63, 3.8) is 0 Å². The van der Waals surface area contributed by atoms with Crippen molar-refractivity contribution in [2.75, 3.05) is 13.1 Å². The highest BCUT2D eigenvalue weighted by molar-refractivity contribution is 5.76. The van der Waals surface area contributed by atoms with Gasteiger partial charge in [-0.3, -0.25) is 9.48 Å². The minimum Gasteiger partial charge on any atom is -0.341 e. The summed E-state index contributed by atoms with van der Waals surface area (Å²) in [5.74, 6) is 1.02. The van der Waals surface area contributed by atoms with Crippen LogP contribution in [0.4, 0.5) is 0 Å². The summed E-state index contributed by atoms with van der Waals surface area (Å²) >= 11 is 0. The van der Waals surface area contributed by atoms with Gasteiger partial charge in [0.25, 0.3) is 0 Å². The molecule has 4 nitrogen and oxygen atoms in total. The molecule has 0 spiro atoms. The molecular weight excluding hydrogens is 238 g/mol. The van der Waals surface area contributed by atoms with Gasteiger partial charge in [-0.15, -0.1) is 0 Å². The normalized spacial score (nSPS) is 24.8. The molecule has 1 atom stereocenters. The second kappa shape index (κ2) is 5.76. The summed E-state index contributed by atoms with van der Waals surface area (Å²) in [6, 6.07) is 2.33. The predicted molar refractivity (Wildman–Crippen MR) is 73.7 cm³/mol. The first-order valence-electron chi connectivity index (χ1n) is 7.60. The maximum absolute atomic E-state index is 12.4. The lowest BCUT2D eigenvalue weighted by atomic mass is 10.0. The van der Waals surface area contributed by atoms with Crippen LogP contribution in [0, 0.1) is 5.92 Å². The van der Waals surface area contributed by atoms with Crippen molar-refractivity contribution in [1.29, 1.82) is 0 Å². The molecule has 0 radical (unpaired) electrons. The first-order chi connectivity index (χ1) is 9.33. The lowest BCUT2D eigenvalue weighted by molar-refractivity contribution is -0.133. The lowest BCUT2D eigenvalue weighted by Crippen LogP contribution is -2.41. The Balaban J connectivity index is 1.56. The number of carbonyl (C=O) groups is 1. The van der Waals surface area contributed by atoms with Gasteiger partial charge in [-0.05, 0) is 37.7 Å². The summed E-state index contributed by atoms with van der Waals surface area (Å²) in [6.45, 7) is 1.77. The average molecular weight is 261 g/mol. The molecule has 0 aromatic carbocycles. The van der Waals surface area contributed by atoms with Crippen LogP contribution in [0.3, 0.4) is 0 Å². The molecule has 3 rings (SSSR count). The van der Waals surface area contributed by atoms with Gasteiger partial charge in [0.2, 0.25) is 5.91 Å². The van der Waals surface area contributed by atoms with Crippen LogP contribution in [0.15, 0.2) is 18.5 Å². The van der Waals surface area contributed by atoms with Gasteiger partial charge >= 0.3 is 0 Å². The molecule has 0 bridgehead atoms. The Kier molecular flexibility index (Phi) is 3.85. The third-order valence-electron chi connectivity index (χ3n) is 4.59. The van der Waals surface area contributed by atoms with Gasteiger partial charge in [-0.1, -0.05) is 12.8 Å². The first-order valence-corrected chi connectivity index (χ1v) is 7.60. The topological polar surface area (TPSA) is 38.1 Å². The van der Waals surface area contributed by atoms with E-state index in [1.807, 2.05) is 23.1 Å². The molecule has 4 heteroatoms. The van der Waals surface area contributed by atoms with E-state index in [-0.39, 0.29) is 0 Å². The molecule has 1 amide bonds. The predicted octanol–water partition coefficient (Wildman–Crippen LogP) is 2.63. The maximum atomic E-state index is 12.4. The average Bonchev–Trinajstić information content (AvgIpc) is 3.12. The van der Waals surface area contributed by atoms with Crippen molar-refractivity contribution in [2.24, 2.45) is 5.92 Å². The van der Waals surface area contributed by atoms with Crippen LogP contribution in [-0.4, -0.2) is 33.7 Å². The minimum atomic E-state index is 0.365. The summed E-state index contributed by atoms with van der Waals surface area (Å²) in [6.07, 6.45) is 12.0. The van der Waals surface area contributed by atoms with E-state index < -0.39 is 0 Å². The van der Waals surface area contributed by atoms with E-state index in [0.717, 1.165) is 32.4 Å². The van der Waals surface area contributed by atoms with Gasteiger partial charge in [-0.25, -0.2) is 0 Å². The molecule has 1 aromatic rings. The number of hydrogen-bond acceptors (Lipinski definition) is 2. The second-order valence-electron chi connectivity index (χ2n) is 5.98. The van der Waals surface area contributed by atoms with Crippen LogP contribution >= 0.6 is 0 Å². The second-order valence-corrected chi connectivity index (χ2v) is 5.98. The number of likely N-dealkylation sites (tertiary alicyclic amines) is 1. The van der Waals surface area contributed by atoms with Crippen molar-refractivity contribution < 1.29 is 4.79 Å². The third kappa shape index (κ3) is 2.99. The summed E-state index contributed by atoms with van der Waals surface area (Å²) in [7, 11) is 0. The molecule has 1 saturated heterocycles. The van der Waals surface area contributed by atoms with E-state index in [1.54, 1.807) is 0 Å². The fraction of sp³-hybridized carbons (Fsp3) is 0.733. The largest absolute Gasteiger partial charge is 0.341 e. The third-order valence-corrected chi connectivity index (χ3v) is 4.59. The molecule has 19 heavy (non-hydrogen) atoms. The van der Waals surface area contributed by atoms with Crippen LogP contribution in [0.1, 0.15) is 51.0 Å². The van der Waals surface area contributed by atoms with Crippen molar-refractivity contribution in [1.82, 2.24) is 14.7 Å². The molecule has 1 unspecified atom stereocenters. The number of amides is 1. The monoisotopic (exact) mass is 261 g/mol. The van der Waals surface area contributed by atoms with E-state index in [4.69, 9.17) is 0 Å². The van der Waals surface area contributed by atoms with Gasteiger partial charge < -0.3 is 4.90 Å². The molecule has 2 aliphatic rings. The Bertz CT molecular complexity index is 409. The lowest BCUT2D eigenvalue weighted by Gasteiger charge is -2.33. The van der Waals surface area contributed by atoms with E-state index in [9.17, 15) is 4.79 Å². The molecule has 1 aliphatic carbocycles. The fourth-order valence-corrected chi connectivity index (χ4v) is 3.48. The molecule has 1 aromatic heterocycles. The number of hydrogen-bond donors (Lipinski definition) is 0. The van der Waals surface area contributed by atoms with Crippen molar-refractivity contribution >= 4 is 5.91 Å². The van der Waals surface area contributed by atoms with Gasteiger partial charge in [0.1, 0.15) is 0 Å². The van der Waals surface area contributed by atoms with Gasteiger partial charge in [0.15, 0.2) is 0 Å². The van der Waals surface area contributed by atoms with Crippen LogP contribution in [0.2, 0.25) is 0 Å². The first kappa shape index (κ1) is 12.7. The molecular formula is C15H23N3O. The van der Waals surface area contributed by atoms with Gasteiger partial charge in [0.05, 0.1) is 6.04 Å². The Hall–Kier alpha value is -1.32. The van der Waals surface area contributed by atoms with Crippen LogP contribution in [0.25, 0.3) is 0 Å². The van der Waals surface area contributed by atoms with Crippen LogP contribution in [0.5, 0.6) is 0 Å². The number of carbonyl (C=O) groups excluding carboxylic acids is 1. The van der Waals surface area contributed by atoms with Crippen molar-refractivity contribution in [2.45, 2.75) is 51.0 Å². The zero-order chi connectivity index (χ0) is 13.1. The molecule has 2 fully saturated rings. The van der Waals surface area contributed by atoms with Gasteiger partial charge in [-0.2, -0.15) is 5.10 Å². The van der Waals surface area contributed by atoms with Crippen LogP contribution < -0.4 is 0 Å². The van der Waals surface area contributed by atoms with Crippen molar-refractivity contribution in [3.05, 3.63) is 18.5 Å². The van der Waals surface area contributed by atoms with Gasteiger partial charge in [0, 0.05) is 31.9 Å². The maximum Gasteiger partial charge on any atom is 0.222 e. The summed E-state index contributed by atoms with van der Waals surface area (Å²) in [4.78, 5) is 14.4. The molecule has 104 valence electrons. The minimum absolute atomic E-state index is 0.365. The summed E-state index contributed by atoms with van der Waals surface area (Å²) in [5, 5.41) is 4.32. The highest BCUT2D eigenvalue weighted by Crippen LogP contribution is 2.29. The highest BCUT2D eigenvalue weighted by atomic mass is 16.2. The number of piperidine rings is 1. The highest BCUT2D eigenvalue weighted by Gasteiger charge is 2.27. The van der Waals surface area contributed by atoms with E-state index >= 15 is 0 Å².